The smallest absolute Gasteiger partial charge is 0.261 e. The van der Waals surface area contributed by atoms with E-state index in [1.807, 2.05) is 0 Å². The molecule has 1 aromatic carbocycles. The zero-order valence-electron chi connectivity index (χ0n) is 14.6. The van der Waals surface area contributed by atoms with E-state index in [0.717, 1.165) is 17.7 Å². The van der Waals surface area contributed by atoms with Crippen molar-refractivity contribution >= 4 is 23.6 Å². The number of carbonyl (C=O) groups excluding carboxylic acids is 2. The summed E-state index contributed by atoms with van der Waals surface area (Å²) in [4.78, 5) is 38.8. The number of nitrogens with two attached hydrogens (primary N) is 1. The lowest BCUT2D eigenvalue weighted by atomic mass is 9.90. The van der Waals surface area contributed by atoms with Gasteiger partial charge >= 0.3 is 0 Å². The molecule has 1 aliphatic rings. The zero-order chi connectivity index (χ0) is 19.4. The van der Waals surface area contributed by atoms with Gasteiger partial charge in [-0.2, -0.15) is 0 Å². The first-order valence-electron chi connectivity index (χ1n) is 8.68. The zero-order valence-corrected chi connectivity index (χ0v) is 15.4. The fourth-order valence-corrected chi connectivity index (χ4v) is 4.04. The largest absolute Gasteiger partial charge is 0.365 e. The summed E-state index contributed by atoms with van der Waals surface area (Å²) in [5.41, 5.74) is 6.09. The summed E-state index contributed by atoms with van der Waals surface area (Å²) in [6, 6.07) is 7.64. The van der Waals surface area contributed by atoms with Crippen molar-refractivity contribution in [1.29, 1.82) is 0 Å². The normalized spacial score (nSPS) is 15.8. The second kappa shape index (κ2) is 8.39. The van der Waals surface area contributed by atoms with Crippen molar-refractivity contribution in [1.82, 2.24) is 10.3 Å². The van der Waals surface area contributed by atoms with E-state index in [0.29, 0.717) is 23.5 Å². The summed E-state index contributed by atoms with van der Waals surface area (Å²) in [6.07, 6.45) is 2.44. The van der Waals surface area contributed by atoms with Crippen LogP contribution >= 0.6 is 11.8 Å². The highest BCUT2D eigenvalue weighted by molar-refractivity contribution is 7.99. The first kappa shape index (κ1) is 19.2. The summed E-state index contributed by atoms with van der Waals surface area (Å²) in [7, 11) is 0. The Morgan fingerprint density at radius 1 is 1.33 bits per heavy atom. The number of amides is 2. The quantitative estimate of drug-likeness (QED) is 0.659. The third-order valence-electron chi connectivity index (χ3n) is 4.48. The number of fused-ring (bicyclic) bond motifs is 1. The van der Waals surface area contributed by atoms with Crippen molar-refractivity contribution in [3.8, 4) is 0 Å². The molecular weight excluding hydrogens is 369 g/mol. The first-order valence-corrected chi connectivity index (χ1v) is 9.67. The predicted molar refractivity (Wildman–Crippen MR) is 101 cm³/mol. The molecule has 27 heavy (non-hydrogen) atoms. The van der Waals surface area contributed by atoms with Crippen LogP contribution in [-0.2, 0) is 11.2 Å². The van der Waals surface area contributed by atoms with Crippen LogP contribution in [0.25, 0.3) is 0 Å². The molecular formula is C19H20FN3O3S. The van der Waals surface area contributed by atoms with Crippen molar-refractivity contribution in [2.24, 2.45) is 5.73 Å². The van der Waals surface area contributed by atoms with Crippen molar-refractivity contribution in [2.75, 3.05) is 5.75 Å². The molecule has 0 bridgehead atoms. The lowest BCUT2D eigenvalue weighted by Crippen LogP contribution is -2.34. The second-order valence-corrected chi connectivity index (χ2v) is 7.49. The highest BCUT2D eigenvalue weighted by Crippen LogP contribution is 2.28. The standard InChI is InChI=1S/C19H20FN3O3S/c20-13-4-1-2-7-16(13)27-9-8-17(24)22-14-5-3-6-15-11(14)10-12(18(21)25)19(26)23-15/h1-2,4,7,10,14H,3,5-6,8-9H2,(H2,21,25)(H,22,24)(H,23,26). The van der Waals surface area contributed by atoms with Gasteiger partial charge in [-0.25, -0.2) is 4.39 Å². The average Bonchev–Trinajstić information content (AvgIpc) is 2.62. The van der Waals surface area contributed by atoms with E-state index in [4.69, 9.17) is 5.73 Å². The van der Waals surface area contributed by atoms with E-state index in [9.17, 15) is 18.8 Å². The van der Waals surface area contributed by atoms with Crippen LogP contribution in [0.15, 0.2) is 40.0 Å². The van der Waals surface area contributed by atoms with Crippen molar-refractivity contribution in [3.63, 3.8) is 0 Å². The van der Waals surface area contributed by atoms with Crippen LogP contribution in [0.5, 0.6) is 0 Å². The van der Waals surface area contributed by atoms with Crippen LogP contribution in [0, 0.1) is 5.82 Å². The molecule has 0 aliphatic heterocycles. The maximum atomic E-state index is 13.6. The van der Waals surface area contributed by atoms with E-state index >= 15 is 0 Å². The lowest BCUT2D eigenvalue weighted by Gasteiger charge is -2.26. The molecule has 0 spiro atoms. The number of benzene rings is 1. The fraction of sp³-hybridized carbons (Fsp3) is 0.316. The number of aryl methyl sites for hydroxylation is 1. The molecule has 1 heterocycles. The minimum absolute atomic E-state index is 0.106. The number of halogens is 1. The Hall–Kier alpha value is -2.61. The number of thioether (sulfide) groups is 1. The van der Waals surface area contributed by atoms with Gasteiger partial charge in [0.1, 0.15) is 11.4 Å². The molecule has 8 heteroatoms. The Morgan fingerprint density at radius 2 is 2.11 bits per heavy atom. The molecule has 1 aliphatic carbocycles. The Labute approximate surface area is 159 Å². The molecule has 0 saturated carbocycles. The summed E-state index contributed by atoms with van der Waals surface area (Å²) in [6.45, 7) is 0. The van der Waals surface area contributed by atoms with Crippen molar-refractivity contribution in [3.05, 3.63) is 63.3 Å². The number of H-pyrrole nitrogens is 1. The van der Waals surface area contributed by atoms with Crippen LogP contribution < -0.4 is 16.6 Å². The van der Waals surface area contributed by atoms with Crippen LogP contribution in [0.1, 0.15) is 46.9 Å². The lowest BCUT2D eigenvalue weighted by molar-refractivity contribution is -0.121. The molecule has 0 saturated heterocycles. The number of pyridine rings is 1. The van der Waals surface area contributed by atoms with Crippen LogP contribution in [0.2, 0.25) is 0 Å². The molecule has 4 N–H and O–H groups in total. The second-order valence-electron chi connectivity index (χ2n) is 6.35. The monoisotopic (exact) mass is 389 g/mol. The summed E-state index contributed by atoms with van der Waals surface area (Å²) < 4.78 is 13.6. The van der Waals surface area contributed by atoms with Gasteiger partial charge in [-0.05, 0) is 43.0 Å². The third kappa shape index (κ3) is 4.57. The number of primary amides is 1. The van der Waals surface area contributed by atoms with Crippen molar-refractivity contribution < 1.29 is 14.0 Å². The molecule has 1 unspecified atom stereocenters. The predicted octanol–water partition coefficient (Wildman–Crippen LogP) is 2.29. The number of nitrogens with one attached hydrogen (secondary N) is 2. The summed E-state index contributed by atoms with van der Waals surface area (Å²) in [5, 5.41) is 2.94. The SMILES string of the molecule is NC(=O)c1cc2c([nH]c1=O)CCCC2NC(=O)CCSc1ccccc1F. The fourth-order valence-electron chi connectivity index (χ4n) is 3.16. The maximum Gasteiger partial charge on any atom is 0.261 e. The van der Waals surface area contributed by atoms with Crippen LogP contribution in [0.3, 0.4) is 0 Å². The molecule has 1 atom stereocenters. The average molecular weight is 389 g/mol. The van der Waals surface area contributed by atoms with Crippen molar-refractivity contribution in [2.45, 2.75) is 36.6 Å². The maximum absolute atomic E-state index is 13.6. The van der Waals surface area contributed by atoms with E-state index in [2.05, 4.69) is 10.3 Å². The van der Waals surface area contributed by atoms with Gasteiger partial charge in [0.2, 0.25) is 5.91 Å². The van der Waals surface area contributed by atoms with Gasteiger partial charge in [-0.1, -0.05) is 12.1 Å². The highest BCUT2D eigenvalue weighted by Gasteiger charge is 2.24. The molecule has 0 radical (unpaired) electrons. The van der Waals surface area contributed by atoms with Gasteiger partial charge in [-0.3, -0.25) is 14.4 Å². The van der Waals surface area contributed by atoms with Crippen LogP contribution in [-0.4, -0.2) is 22.6 Å². The molecule has 2 aromatic rings. The minimum atomic E-state index is -0.795. The molecule has 3 rings (SSSR count). The van der Waals surface area contributed by atoms with E-state index in [1.54, 1.807) is 18.2 Å². The Balaban J connectivity index is 1.64. The Bertz CT molecular complexity index is 929. The molecule has 0 fully saturated rings. The first-order chi connectivity index (χ1) is 13.0. The Kier molecular flexibility index (Phi) is 5.95. The third-order valence-corrected chi connectivity index (χ3v) is 5.53. The van der Waals surface area contributed by atoms with Gasteiger partial charge in [0, 0.05) is 22.8 Å². The summed E-state index contributed by atoms with van der Waals surface area (Å²) in [5.74, 6) is -0.809. The van der Waals surface area contributed by atoms with Crippen LogP contribution in [0.4, 0.5) is 4.39 Å². The number of aromatic amines is 1. The van der Waals surface area contributed by atoms with E-state index in [1.165, 1.54) is 23.9 Å². The number of hydrogen-bond donors (Lipinski definition) is 3. The van der Waals surface area contributed by atoms with E-state index < -0.39 is 11.5 Å². The molecule has 1 aromatic heterocycles. The van der Waals surface area contributed by atoms with Gasteiger partial charge in [0.15, 0.2) is 0 Å². The number of aromatic nitrogens is 1. The summed E-state index contributed by atoms with van der Waals surface area (Å²) >= 11 is 1.29. The van der Waals surface area contributed by atoms with E-state index in [-0.39, 0.29) is 29.8 Å². The minimum Gasteiger partial charge on any atom is -0.365 e. The molecule has 142 valence electrons. The highest BCUT2D eigenvalue weighted by atomic mass is 32.2. The topological polar surface area (TPSA) is 105 Å². The number of carbonyl (C=O) groups is 2. The van der Waals surface area contributed by atoms with Gasteiger partial charge < -0.3 is 16.0 Å². The van der Waals surface area contributed by atoms with Gasteiger partial charge in [0.25, 0.3) is 11.5 Å². The van der Waals surface area contributed by atoms with Gasteiger partial charge in [-0.15, -0.1) is 11.8 Å². The number of rotatable bonds is 6. The Morgan fingerprint density at radius 3 is 2.85 bits per heavy atom. The van der Waals surface area contributed by atoms with Gasteiger partial charge in [0.05, 0.1) is 6.04 Å². The molecule has 6 nitrogen and oxygen atoms in total. The molecule has 2 amide bonds. The number of hydrogen-bond acceptors (Lipinski definition) is 4.